The second-order valence-electron chi connectivity index (χ2n) is 6.70. The average Bonchev–Trinajstić information content (AvgIpc) is 2.60. The van der Waals surface area contributed by atoms with Crippen molar-refractivity contribution in [3.05, 3.63) is 29.8 Å². The number of methoxy groups -OCH3 is 1. The summed E-state index contributed by atoms with van der Waals surface area (Å²) in [5, 5.41) is 0. The molecule has 2 rings (SSSR count). The fourth-order valence-corrected chi connectivity index (χ4v) is 3.52. The van der Waals surface area contributed by atoms with E-state index in [9.17, 15) is 4.79 Å². The number of rotatable bonds is 7. The van der Waals surface area contributed by atoms with E-state index in [1.165, 1.54) is 19.3 Å². The highest BCUT2D eigenvalue weighted by atomic mass is 16.5. The van der Waals surface area contributed by atoms with E-state index in [0.717, 1.165) is 30.7 Å². The predicted octanol–water partition coefficient (Wildman–Crippen LogP) is 3.34. The van der Waals surface area contributed by atoms with Crippen LogP contribution in [0, 0.1) is 5.41 Å². The Balaban J connectivity index is 1.99. The van der Waals surface area contributed by atoms with E-state index in [0.29, 0.717) is 19.5 Å². The quantitative estimate of drug-likeness (QED) is 0.839. The van der Waals surface area contributed by atoms with Gasteiger partial charge in [0.25, 0.3) is 0 Å². The molecule has 23 heavy (non-hydrogen) atoms. The second kappa shape index (κ2) is 8.34. The number of hydrogen-bond acceptors (Lipinski definition) is 3. The van der Waals surface area contributed by atoms with E-state index in [4.69, 9.17) is 10.5 Å². The van der Waals surface area contributed by atoms with Gasteiger partial charge in [0.15, 0.2) is 0 Å². The van der Waals surface area contributed by atoms with Crippen molar-refractivity contribution >= 4 is 5.91 Å². The Morgan fingerprint density at radius 3 is 2.39 bits per heavy atom. The third kappa shape index (κ3) is 4.71. The van der Waals surface area contributed by atoms with Crippen molar-refractivity contribution in [2.75, 3.05) is 20.2 Å². The summed E-state index contributed by atoms with van der Waals surface area (Å²) >= 11 is 0. The van der Waals surface area contributed by atoms with Gasteiger partial charge in [0, 0.05) is 19.5 Å². The van der Waals surface area contributed by atoms with Crippen molar-refractivity contribution in [3.63, 3.8) is 0 Å². The first kappa shape index (κ1) is 17.8. The lowest BCUT2D eigenvalue weighted by Gasteiger charge is -2.37. The lowest BCUT2D eigenvalue weighted by Crippen LogP contribution is -2.40. The van der Waals surface area contributed by atoms with Gasteiger partial charge in [0.1, 0.15) is 5.75 Å². The fourth-order valence-electron chi connectivity index (χ4n) is 3.52. The van der Waals surface area contributed by atoms with E-state index in [1.807, 2.05) is 36.1 Å². The Labute approximate surface area is 140 Å². The molecule has 1 saturated carbocycles. The molecular formula is C19H30N2O2. The number of benzene rings is 1. The van der Waals surface area contributed by atoms with Crippen molar-refractivity contribution in [1.82, 2.24) is 4.90 Å². The van der Waals surface area contributed by atoms with Crippen molar-refractivity contribution in [1.29, 1.82) is 0 Å². The molecular weight excluding hydrogens is 288 g/mol. The van der Waals surface area contributed by atoms with Gasteiger partial charge >= 0.3 is 0 Å². The molecule has 1 amide bonds. The Bertz CT molecular complexity index is 493. The first-order valence-corrected chi connectivity index (χ1v) is 8.73. The number of amides is 1. The van der Waals surface area contributed by atoms with Crippen molar-refractivity contribution in [2.24, 2.45) is 11.1 Å². The van der Waals surface area contributed by atoms with E-state index in [1.54, 1.807) is 7.11 Å². The molecule has 0 unspecified atom stereocenters. The summed E-state index contributed by atoms with van der Waals surface area (Å²) in [4.78, 5) is 14.7. The van der Waals surface area contributed by atoms with Crippen LogP contribution >= 0.6 is 0 Å². The SMILES string of the molecule is CCN(Cc1ccc(OC)cc1)C(=O)CC1(CN)CCCCC1. The molecule has 0 bridgehead atoms. The zero-order chi connectivity index (χ0) is 16.7. The third-order valence-corrected chi connectivity index (χ3v) is 5.14. The molecule has 1 fully saturated rings. The molecule has 2 N–H and O–H groups in total. The molecule has 0 aliphatic heterocycles. The second-order valence-corrected chi connectivity index (χ2v) is 6.70. The van der Waals surface area contributed by atoms with Crippen molar-refractivity contribution < 1.29 is 9.53 Å². The van der Waals surface area contributed by atoms with Gasteiger partial charge < -0.3 is 15.4 Å². The van der Waals surface area contributed by atoms with Gasteiger partial charge in [0.2, 0.25) is 5.91 Å². The number of ether oxygens (including phenoxy) is 1. The molecule has 128 valence electrons. The van der Waals surface area contributed by atoms with Gasteiger partial charge in [-0.1, -0.05) is 31.4 Å². The predicted molar refractivity (Wildman–Crippen MR) is 93.3 cm³/mol. The molecule has 1 aliphatic rings. The highest BCUT2D eigenvalue weighted by Crippen LogP contribution is 2.38. The highest BCUT2D eigenvalue weighted by Gasteiger charge is 2.34. The minimum Gasteiger partial charge on any atom is -0.497 e. The molecule has 0 atom stereocenters. The standard InChI is InChI=1S/C19H30N2O2/c1-3-21(14-16-7-9-17(23-2)10-8-16)18(22)13-19(15-20)11-5-4-6-12-19/h7-10H,3-6,11-15,20H2,1-2H3. The van der Waals surface area contributed by atoms with Crippen LogP contribution in [0.4, 0.5) is 0 Å². The molecule has 0 spiro atoms. The van der Waals surface area contributed by atoms with Crippen molar-refractivity contribution in [2.45, 2.75) is 52.0 Å². The zero-order valence-corrected chi connectivity index (χ0v) is 14.5. The van der Waals surface area contributed by atoms with Crippen molar-refractivity contribution in [3.8, 4) is 5.75 Å². The maximum atomic E-state index is 12.8. The van der Waals surface area contributed by atoms with Crippen LogP contribution in [0.25, 0.3) is 0 Å². The Morgan fingerprint density at radius 1 is 1.22 bits per heavy atom. The summed E-state index contributed by atoms with van der Waals surface area (Å²) in [7, 11) is 1.66. The fraction of sp³-hybridized carbons (Fsp3) is 0.632. The summed E-state index contributed by atoms with van der Waals surface area (Å²) < 4.78 is 5.18. The molecule has 1 aromatic rings. The molecule has 1 aromatic carbocycles. The summed E-state index contributed by atoms with van der Waals surface area (Å²) in [5.74, 6) is 1.07. The first-order chi connectivity index (χ1) is 11.1. The number of hydrogen-bond donors (Lipinski definition) is 1. The van der Waals surface area contributed by atoms with E-state index >= 15 is 0 Å². The Morgan fingerprint density at radius 2 is 1.87 bits per heavy atom. The van der Waals surface area contributed by atoms with Crippen LogP contribution in [-0.2, 0) is 11.3 Å². The zero-order valence-electron chi connectivity index (χ0n) is 14.5. The lowest BCUT2D eigenvalue weighted by atomic mass is 9.71. The van der Waals surface area contributed by atoms with Crippen LogP contribution in [0.1, 0.15) is 51.0 Å². The van der Waals surface area contributed by atoms with Crippen LogP contribution in [0.15, 0.2) is 24.3 Å². The summed E-state index contributed by atoms with van der Waals surface area (Å²) in [6, 6.07) is 7.93. The smallest absolute Gasteiger partial charge is 0.223 e. The molecule has 4 heteroatoms. The Hall–Kier alpha value is -1.55. The minimum atomic E-state index is 0.0304. The first-order valence-electron chi connectivity index (χ1n) is 8.73. The third-order valence-electron chi connectivity index (χ3n) is 5.14. The number of nitrogens with zero attached hydrogens (tertiary/aromatic N) is 1. The highest BCUT2D eigenvalue weighted by molar-refractivity contribution is 5.77. The van der Waals surface area contributed by atoms with Gasteiger partial charge in [0.05, 0.1) is 7.11 Å². The van der Waals surface area contributed by atoms with Crippen LogP contribution in [-0.4, -0.2) is 31.0 Å². The van der Waals surface area contributed by atoms with E-state index < -0.39 is 0 Å². The van der Waals surface area contributed by atoms with Gasteiger partial charge in [-0.2, -0.15) is 0 Å². The normalized spacial score (nSPS) is 16.8. The summed E-state index contributed by atoms with van der Waals surface area (Å²) in [5.41, 5.74) is 7.19. The van der Waals surface area contributed by atoms with Gasteiger partial charge in [-0.25, -0.2) is 0 Å². The number of carbonyl (C=O) groups is 1. The van der Waals surface area contributed by atoms with Gasteiger partial charge in [-0.05, 0) is 49.4 Å². The molecule has 0 saturated heterocycles. The monoisotopic (exact) mass is 318 g/mol. The average molecular weight is 318 g/mol. The molecule has 0 heterocycles. The molecule has 1 aliphatic carbocycles. The maximum Gasteiger partial charge on any atom is 0.223 e. The van der Waals surface area contributed by atoms with Crippen LogP contribution in [0.2, 0.25) is 0 Å². The molecule has 0 aromatic heterocycles. The molecule has 4 nitrogen and oxygen atoms in total. The summed E-state index contributed by atoms with van der Waals surface area (Å²) in [6.07, 6.45) is 6.46. The van der Waals surface area contributed by atoms with Crippen LogP contribution < -0.4 is 10.5 Å². The van der Waals surface area contributed by atoms with Crippen LogP contribution in [0.3, 0.4) is 0 Å². The topological polar surface area (TPSA) is 55.6 Å². The van der Waals surface area contributed by atoms with E-state index in [2.05, 4.69) is 0 Å². The number of carbonyl (C=O) groups excluding carboxylic acids is 1. The van der Waals surface area contributed by atoms with E-state index in [-0.39, 0.29) is 11.3 Å². The van der Waals surface area contributed by atoms with Gasteiger partial charge in [-0.3, -0.25) is 4.79 Å². The summed E-state index contributed by atoms with van der Waals surface area (Å²) in [6.45, 7) is 4.04. The number of nitrogens with two attached hydrogens (primary N) is 1. The maximum absolute atomic E-state index is 12.8. The largest absolute Gasteiger partial charge is 0.497 e. The molecule has 0 radical (unpaired) electrons. The van der Waals surface area contributed by atoms with Crippen LogP contribution in [0.5, 0.6) is 5.75 Å². The lowest BCUT2D eigenvalue weighted by molar-refractivity contribution is -0.134. The Kier molecular flexibility index (Phi) is 6.46. The minimum absolute atomic E-state index is 0.0304. The van der Waals surface area contributed by atoms with Gasteiger partial charge in [-0.15, -0.1) is 0 Å².